The molecule has 0 saturated carbocycles. The van der Waals surface area contributed by atoms with E-state index in [2.05, 4.69) is 83.0 Å². The van der Waals surface area contributed by atoms with Gasteiger partial charge in [-0.15, -0.1) is 0 Å². The molecule has 0 aliphatic carbocycles. The Kier molecular flexibility index (Phi) is 5.93. The Hall–Kier alpha value is -2.78. The average Bonchev–Trinajstić information content (AvgIpc) is 2.74. The molecule has 1 aliphatic heterocycles. The lowest BCUT2D eigenvalue weighted by atomic mass is 9.93. The normalized spacial score (nSPS) is 15.7. The van der Waals surface area contributed by atoms with E-state index in [0.29, 0.717) is 5.92 Å². The lowest BCUT2D eigenvalue weighted by Gasteiger charge is -2.32. The zero-order valence-corrected chi connectivity index (χ0v) is 16.5. The van der Waals surface area contributed by atoms with E-state index in [1.165, 1.54) is 22.4 Å². The van der Waals surface area contributed by atoms with E-state index in [4.69, 9.17) is 4.74 Å². The summed E-state index contributed by atoms with van der Waals surface area (Å²) in [7, 11) is 1.73. The third-order valence-electron chi connectivity index (χ3n) is 5.42. The topological polar surface area (TPSA) is 24.5 Å². The molecule has 144 valence electrons. The molecule has 3 heteroatoms. The first kappa shape index (κ1) is 18.6. The van der Waals surface area contributed by atoms with Gasteiger partial charge >= 0.3 is 0 Å². The van der Waals surface area contributed by atoms with Crippen molar-refractivity contribution in [3.8, 4) is 5.75 Å². The second kappa shape index (κ2) is 8.94. The summed E-state index contributed by atoms with van der Waals surface area (Å²) in [6.45, 7) is 4.02. The first-order chi connectivity index (χ1) is 13.8. The number of fused-ring (bicyclic) bond motifs is 1. The van der Waals surface area contributed by atoms with Gasteiger partial charge in [0.1, 0.15) is 5.75 Å². The third kappa shape index (κ3) is 4.73. The molecular formula is C25H28N2O. The number of methoxy groups -OCH3 is 1. The fraction of sp³-hybridized carbons (Fsp3) is 0.280. The summed E-state index contributed by atoms with van der Waals surface area (Å²) in [5, 5.41) is 3.61. The molecule has 0 aromatic heterocycles. The highest BCUT2D eigenvalue weighted by molar-refractivity contribution is 5.56. The van der Waals surface area contributed by atoms with Gasteiger partial charge in [-0.25, -0.2) is 0 Å². The van der Waals surface area contributed by atoms with Crippen LogP contribution in [0.5, 0.6) is 5.75 Å². The molecule has 0 bridgehead atoms. The molecule has 1 aliphatic rings. The van der Waals surface area contributed by atoms with Gasteiger partial charge in [-0.2, -0.15) is 0 Å². The number of nitrogens with zero attached hydrogens (tertiary/aromatic N) is 1. The van der Waals surface area contributed by atoms with Crippen molar-refractivity contribution < 1.29 is 4.74 Å². The van der Waals surface area contributed by atoms with Gasteiger partial charge < -0.3 is 10.1 Å². The van der Waals surface area contributed by atoms with E-state index in [1.54, 1.807) is 7.11 Å². The van der Waals surface area contributed by atoms with Crippen LogP contribution >= 0.6 is 0 Å². The van der Waals surface area contributed by atoms with Crippen molar-refractivity contribution in [2.24, 2.45) is 5.92 Å². The number of rotatable bonds is 7. The highest BCUT2D eigenvalue weighted by Gasteiger charge is 2.21. The quantitative estimate of drug-likeness (QED) is 0.633. The zero-order valence-electron chi connectivity index (χ0n) is 16.5. The summed E-state index contributed by atoms with van der Waals surface area (Å²) in [5.41, 5.74) is 5.33. The van der Waals surface area contributed by atoms with Crippen molar-refractivity contribution in [3.05, 3.63) is 95.6 Å². The molecule has 1 N–H and O–H groups in total. The first-order valence-electron chi connectivity index (χ1n) is 10.0. The van der Waals surface area contributed by atoms with Crippen molar-refractivity contribution in [3.63, 3.8) is 0 Å². The molecule has 4 rings (SSSR count). The van der Waals surface area contributed by atoms with Crippen LogP contribution < -0.4 is 10.1 Å². The minimum atomic E-state index is 0.576. The van der Waals surface area contributed by atoms with Gasteiger partial charge in [-0.3, -0.25) is 4.90 Å². The minimum Gasteiger partial charge on any atom is -0.497 e. The van der Waals surface area contributed by atoms with Gasteiger partial charge in [-0.05, 0) is 47.2 Å². The summed E-state index contributed by atoms with van der Waals surface area (Å²) in [6.07, 6.45) is 1.08. The second-order valence-corrected chi connectivity index (χ2v) is 7.61. The van der Waals surface area contributed by atoms with Crippen LogP contribution in [0, 0.1) is 5.92 Å². The molecule has 0 radical (unpaired) electrons. The van der Waals surface area contributed by atoms with Crippen molar-refractivity contribution in [2.75, 3.05) is 25.5 Å². The first-order valence-corrected chi connectivity index (χ1v) is 10.0. The summed E-state index contributed by atoms with van der Waals surface area (Å²) in [4.78, 5) is 2.57. The van der Waals surface area contributed by atoms with Gasteiger partial charge in [0.25, 0.3) is 0 Å². The number of ether oxygens (including phenoxy) is 1. The molecule has 3 nitrogen and oxygen atoms in total. The van der Waals surface area contributed by atoms with Crippen LogP contribution in [0.25, 0.3) is 0 Å². The second-order valence-electron chi connectivity index (χ2n) is 7.61. The number of benzene rings is 3. The van der Waals surface area contributed by atoms with Crippen LogP contribution in [0.3, 0.4) is 0 Å². The molecule has 1 unspecified atom stereocenters. The third-order valence-corrected chi connectivity index (χ3v) is 5.42. The maximum absolute atomic E-state index is 5.42. The van der Waals surface area contributed by atoms with Crippen molar-refractivity contribution in [1.29, 1.82) is 0 Å². The highest BCUT2D eigenvalue weighted by Crippen LogP contribution is 2.29. The monoisotopic (exact) mass is 372 g/mol. The Balaban J connectivity index is 1.48. The Morgan fingerprint density at radius 2 is 1.54 bits per heavy atom. The van der Waals surface area contributed by atoms with Gasteiger partial charge in [0.15, 0.2) is 0 Å². The summed E-state index contributed by atoms with van der Waals surface area (Å²) >= 11 is 0. The van der Waals surface area contributed by atoms with Gasteiger partial charge in [0, 0.05) is 31.9 Å². The van der Waals surface area contributed by atoms with E-state index in [9.17, 15) is 0 Å². The van der Waals surface area contributed by atoms with Crippen LogP contribution in [0.4, 0.5) is 5.69 Å². The lowest BCUT2D eigenvalue weighted by Crippen LogP contribution is -2.35. The minimum absolute atomic E-state index is 0.576. The van der Waals surface area contributed by atoms with E-state index in [-0.39, 0.29) is 0 Å². The molecule has 3 aromatic carbocycles. The highest BCUT2D eigenvalue weighted by atomic mass is 16.5. The number of hydrogen-bond acceptors (Lipinski definition) is 3. The summed E-state index contributed by atoms with van der Waals surface area (Å²) in [5.74, 6) is 1.51. The fourth-order valence-corrected chi connectivity index (χ4v) is 4.04. The standard InChI is InChI=1S/C25H28N2O/c1-28-24-12-13-25-23(15-24)14-22(16-26-25)19-27(17-20-8-4-2-5-9-20)18-21-10-6-3-7-11-21/h2-13,15,22,26H,14,16-19H2,1H3. The zero-order chi connectivity index (χ0) is 19.2. The predicted octanol–water partition coefficient (Wildman–Crippen LogP) is 4.98. The van der Waals surface area contributed by atoms with Crippen molar-refractivity contribution in [1.82, 2.24) is 4.90 Å². The van der Waals surface area contributed by atoms with Gasteiger partial charge in [0.2, 0.25) is 0 Å². The molecular weight excluding hydrogens is 344 g/mol. The summed E-state index contributed by atoms with van der Waals surface area (Å²) < 4.78 is 5.42. The predicted molar refractivity (Wildman–Crippen MR) is 116 cm³/mol. The van der Waals surface area contributed by atoms with E-state index >= 15 is 0 Å². The van der Waals surface area contributed by atoms with Crippen LogP contribution in [0.1, 0.15) is 16.7 Å². The molecule has 1 atom stereocenters. The molecule has 0 amide bonds. The molecule has 0 fully saturated rings. The Labute approximate surface area is 168 Å². The van der Waals surface area contributed by atoms with Crippen molar-refractivity contribution in [2.45, 2.75) is 19.5 Å². The molecule has 28 heavy (non-hydrogen) atoms. The van der Waals surface area contributed by atoms with E-state index < -0.39 is 0 Å². The van der Waals surface area contributed by atoms with E-state index in [1.807, 2.05) is 6.07 Å². The number of nitrogens with one attached hydrogen (secondary N) is 1. The fourth-order valence-electron chi connectivity index (χ4n) is 4.04. The molecule has 0 spiro atoms. The largest absolute Gasteiger partial charge is 0.497 e. The van der Waals surface area contributed by atoms with Crippen LogP contribution in [0.15, 0.2) is 78.9 Å². The summed E-state index contributed by atoms with van der Waals surface area (Å²) in [6, 6.07) is 27.9. The average molecular weight is 373 g/mol. The maximum atomic E-state index is 5.42. The van der Waals surface area contributed by atoms with Gasteiger partial charge in [0.05, 0.1) is 7.11 Å². The van der Waals surface area contributed by atoms with Crippen LogP contribution in [-0.4, -0.2) is 25.1 Å². The Bertz CT molecular complexity index is 838. The lowest BCUT2D eigenvalue weighted by molar-refractivity contribution is 0.216. The Morgan fingerprint density at radius 1 is 0.893 bits per heavy atom. The maximum Gasteiger partial charge on any atom is 0.119 e. The van der Waals surface area contributed by atoms with E-state index in [0.717, 1.165) is 38.3 Å². The Morgan fingerprint density at radius 3 is 2.14 bits per heavy atom. The van der Waals surface area contributed by atoms with Crippen LogP contribution in [0.2, 0.25) is 0 Å². The number of anilines is 1. The van der Waals surface area contributed by atoms with Crippen LogP contribution in [-0.2, 0) is 19.5 Å². The molecule has 3 aromatic rings. The van der Waals surface area contributed by atoms with Crippen molar-refractivity contribution >= 4 is 5.69 Å². The smallest absolute Gasteiger partial charge is 0.119 e. The molecule has 0 saturated heterocycles. The van der Waals surface area contributed by atoms with Gasteiger partial charge in [-0.1, -0.05) is 60.7 Å². The molecule has 1 heterocycles. The number of hydrogen-bond donors (Lipinski definition) is 1. The SMILES string of the molecule is COc1ccc2c(c1)CC(CN(Cc1ccccc1)Cc1ccccc1)CN2.